The predicted octanol–water partition coefficient (Wildman–Crippen LogP) is 6.20. The fraction of sp³-hybridized carbons (Fsp3) is 0.333. The van der Waals surface area contributed by atoms with Crippen LogP contribution in [0.4, 0.5) is 0 Å². The molecule has 50 heavy (non-hydrogen) atoms. The molecule has 8 heteroatoms. The molecule has 0 spiro atoms. The summed E-state index contributed by atoms with van der Waals surface area (Å²) in [4.78, 5) is 32.6. The number of hydrogen-bond donors (Lipinski definition) is 4. The van der Waals surface area contributed by atoms with Gasteiger partial charge in [-0.2, -0.15) is 0 Å². The molecule has 0 radical (unpaired) electrons. The third-order valence-corrected chi connectivity index (χ3v) is 10.4. The molecule has 2 aromatic heterocycles. The second-order valence-corrected chi connectivity index (χ2v) is 14.0. The largest absolute Gasteiger partial charge is 0.357 e. The first-order valence-electron chi connectivity index (χ1n) is 18.4. The van der Waals surface area contributed by atoms with Crippen LogP contribution in [0.25, 0.3) is 43.4 Å². The van der Waals surface area contributed by atoms with Crippen molar-refractivity contribution < 1.29 is 18.7 Å². The van der Waals surface area contributed by atoms with E-state index < -0.39 is 0 Å². The number of unbranched alkanes of at least 4 members (excludes halogenated alkanes) is 5. The maximum atomic E-state index is 12.7. The van der Waals surface area contributed by atoms with Crippen LogP contribution in [0.15, 0.2) is 72.8 Å². The number of rotatable bonds is 13. The number of nitrogens with zero attached hydrogens (tertiary/aromatic N) is 2. The predicted molar refractivity (Wildman–Crippen MR) is 203 cm³/mol. The lowest BCUT2D eigenvalue weighted by Crippen LogP contribution is -2.35. The van der Waals surface area contributed by atoms with Gasteiger partial charge in [0.2, 0.25) is 13.1 Å². The molecule has 4 aromatic carbocycles. The number of carbonyl (C=O) groups excluding carboxylic acids is 2. The Kier molecular flexibility index (Phi) is 9.16. The van der Waals surface area contributed by atoms with Crippen molar-refractivity contribution in [2.24, 2.45) is 0 Å². The fourth-order valence-corrected chi connectivity index (χ4v) is 7.76. The molecule has 4 heterocycles. The minimum absolute atomic E-state index is 0.0865. The fourth-order valence-electron chi connectivity index (χ4n) is 7.76. The summed E-state index contributed by atoms with van der Waals surface area (Å²) < 4.78 is 4.29. The van der Waals surface area contributed by atoms with Gasteiger partial charge in [0.1, 0.15) is 13.1 Å². The zero-order valence-corrected chi connectivity index (χ0v) is 28.7. The van der Waals surface area contributed by atoms with Crippen LogP contribution < -0.4 is 10.6 Å². The third-order valence-electron chi connectivity index (χ3n) is 10.4. The lowest BCUT2D eigenvalue weighted by atomic mass is 10.0. The minimum atomic E-state index is 0.0865. The van der Waals surface area contributed by atoms with Crippen molar-refractivity contribution in [1.29, 1.82) is 0 Å². The van der Waals surface area contributed by atoms with E-state index in [1.807, 2.05) is 0 Å². The Morgan fingerprint density at radius 2 is 0.960 bits per heavy atom. The van der Waals surface area contributed by atoms with Gasteiger partial charge in [0, 0.05) is 59.1 Å². The second-order valence-electron chi connectivity index (χ2n) is 14.0. The molecule has 2 aliphatic heterocycles. The molecule has 8 nitrogen and oxygen atoms in total. The highest BCUT2D eigenvalue weighted by molar-refractivity contribution is 6.07. The maximum Gasteiger partial charge on any atom is 0.285 e. The molecule has 0 aliphatic carbocycles. The molecular formula is C42H46N6O2+2. The van der Waals surface area contributed by atoms with E-state index in [0.717, 1.165) is 88.6 Å². The van der Waals surface area contributed by atoms with Gasteiger partial charge in [-0.1, -0.05) is 74.2 Å². The highest BCUT2D eigenvalue weighted by Crippen LogP contribution is 2.29. The summed E-state index contributed by atoms with van der Waals surface area (Å²) in [7, 11) is 0. The monoisotopic (exact) mass is 666 g/mol. The van der Waals surface area contributed by atoms with Crippen molar-refractivity contribution >= 4 is 67.6 Å². The van der Waals surface area contributed by atoms with Crippen LogP contribution in [0.5, 0.6) is 0 Å². The highest BCUT2D eigenvalue weighted by atomic mass is 16.2. The SMILES string of the molecule is O=C(C[N+]1=Cc2c([nH]c3cc4ccccc4cc23)CC1)NCCCCCCCCNC(=O)C[N+]1=Cc2c([nH]c3cc4ccccc4cc23)CC1. The Balaban J connectivity index is 0.707. The summed E-state index contributed by atoms with van der Waals surface area (Å²) in [6.07, 6.45) is 12.6. The van der Waals surface area contributed by atoms with Gasteiger partial charge in [0.05, 0.1) is 11.1 Å². The molecule has 6 aromatic rings. The van der Waals surface area contributed by atoms with Crippen LogP contribution in [0, 0.1) is 0 Å². The quantitative estimate of drug-likeness (QED) is 0.0873. The van der Waals surface area contributed by atoms with Crippen molar-refractivity contribution in [1.82, 2.24) is 20.6 Å². The van der Waals surface area contributed by atoms with Crippen LogP contribution in [0.2, 0.25) is 0 Å². The molecule has 254 valence electrons. The molecule has 2 aliphatic rings. The lowest BCUT2D eigenvalue weighted by Gasteiger charge is -2.10. The molecule has 0 bridgehead atoms. The molecule has 4 N–H and O–H groups in total. The molecule has 0 atom stereocenters. The van der Waals surface area contributed by atoms with Gasteiger partial charge in [-0.3, -0.25) is 9.59 Å². The van der Waals surface area contributed by atoms with E-state index in [-0.39, 0.29) is 11.8 Å². The third kappa shape index (κ3) is 6.93. The summed E-state index contributed by atoms with van der Waals surface area (Å²) >= 11 is 0. The molecule has 2 amide bonds. The average Bonchev–Trinajstić information content (AvgIpc) is 3.66. The Labute approximate surface area is 292 Å². The maximum absolute atomic E-state index is 12.7. The topological polar surface area (TPSA) is 95.8 Å². The number of nitrogens with one attached hydrogen (secondary N) is 4. The van der Waals surface area contributed by atoms with Crippen LogP contribution in [-0.2, 0) is 22.4 Å². The lowest BCUT2D eigenvalue weighted by molar-refractivity contribution is -0.512. The van der Waals surface area contributed by atoms with Crippen LogP contribution >= 0.6 is 0 Å². The van der Waals surface area contributed by atoms with E-state index in [9.17, 15) is 9.59 Å². The summed E-state index contributed by atoms with van der Waals surface area (Å²) in [6, 6.07) is 25.9. The zero-order chi connectivity index (χ0) is 33.9. The summed E-state index contributed by atoms with van der Waals surface area (Å²) in [6.45, 7) is 3.90. The Hall–Kier alpha value is -5.24. The standard InChI is InChI=1S/C42H44N6O2/c49-41(27-47-19-15-37-35(25-47)33-21-29-11-5-7-13-31(29)23-39(33)45-37)43-17-9-3-1-2-4-10-18-44-42(50)28-48-20-16-38-36(26-48)34-22-30-12-6-8-14-32(30)24-40(34)46-38/h5-8,11-14,21-26H,1-4,9-10,15-20,27-28H2,(H2,43,44,49,50)/p+2. The van der Waals surface area contributed by atoms with E-state index in [1.165, 1.54) is 54.8 Å². The van der Waals surface area contributed by atoms with Gasteiger partial charge < -0.3 is 20.6 Å². The number of aromatic nitrogens is 2. The van der Waals surface area contributed by atoms with Crippen LogP contribution in [0.1, 0.15) is 61.0 Å². The van der Waals surface area contributed by atoms with Crippen molar-refractivity contribution in [3.63, 3.8) is 0 Å². The van der Waals surface area contributed by atoms with E-state index >= 15 is 0 Å². The van der Waals surface area contributed by atoms with Crippen LogP contribution in [-0.4, -0.2) is 82.6 Å². The Bertz CT molecular complexity index is 2130. The van der Waals surface area contributed by atoms with Gasteiger partial charge in [0.25, 0.3) is 11.8 Å². The highest BCUT2D eigenvalue weighted by Gasteiger charge is 2.24. The zero-order valence-electron chi connectivity index (χ0n) is 28.7. The number of H-pyrrole nitrogens is 2. The van der Waals surface area contributed by atoms with Gasteiger partial charge in [-0.15, -0.1) is 0 Å². The van der Waals surface area contributed by atoms with Gasteiger partial charge >= 0.3 is 0 Å². The molecular weight excluding hydrogens is 621 g/mol. The van der Waals surface area contributed by atoms with Crippen LogP contribution in [0.3, 0.4) is 0 Å². The Morgan fingerprint density at radius 3 is 1.40 bits per heavy atom. The summed E-state index contributed by atoms with van der Waals surface area (Å²) in [5.41, 5.74) is 7.25. The number of carbonyl (C=O) groups is 2. The average molecular weight is 667 g/mol. The molecule has 0 saturated heterocycles. The van der Waals surface area contributed by atoms with E-state index in [1.54, 1.807) is 0 Å². The minimum Gasteiger partial charge on any atom is -0.357 e. The van der Waals surface area contributed by atoms with Crippen molar-refractivity contribution in [3.8, 4) is 0 Å². The molecule has 0 saturated carbocycles. The second kappa shape index (κ2) is 14.3. The van der Waals surface area contributed by atoms with Crippen molar-refractivity contribution in [2.75, 3.05) is 39.3 Å². The van der Waals surface area contributed by atoms with E-state index in [4.69, 9.17) is 0 Å². The normalized spacial score (nSPS) is 14.1. The van der Waals surface area contributed by atoms with E-state index in [0.29, 0.717) is 13.1 Å². The van der Waals surface area contributed by atoms with Gasteiger partial charge in [-0.25, -0.2) is 9.15 Å². The first-order chi connectivity index (χ1) is 24.6. The number of benzene rings is 4. The smallest absolute Gasteiger partial charge is 0.285 e. The van der Waals surface area contributed by atoms with Gasteiger partial charge in [-0.05, 0) is 58.7 Å². The Morgan fingerprint density at radius 1 is 0.560 bits per heavy atom. The molecule has 0 fully saturated rings. The van der Waals surface area contributed by atoms with Crippen molar-refractivity contribution in [3.05, 3.63) is 95.3 Å². The molecule has 0 unspecified atom stereocenters. The van der Waals surface area contributed by atoms with Gasteiger partial charge in [0.15, 0.2) is 12.4 Å². The first-order valence-corrected chi connectivity index (χ1v) is 18.4. The number of amides is 2. The molecule has 8 rings (SSSR count). The number of aromatic amines is 2. The summed E-state index contributed by atoms with van der Waals surface area (Å²) in [5.74, 6) is 0.173. The number of hydrogen-bond acceptors (Lipinski definition) is 2. The van der Waals surface area contributed by atoms with Crippen molar-refractivity contribution in [2.45, 2.75) is 51.4 Å². The van der Waals surface area contributed by atoms with E-state index in [2.05, 4.69) is 115 Å². The summed E-state index contributed by atoms with van der Waals surface area (Å²) in [5, 5.41) is 13.6. The first kappa shape index (κ1) is 32.0. The number of fused-ring (bicyclic) bond motifs is 8.